The highest BCUT2D eigenvalue weighted by Gasteiger charge is 2.30. The molecule has 0 atom stereocenters. The second kappa shape index (κ2) is 4.60. The van der Waals surface area contributed by atoms with Crippen molar-refractivity contribution in [3.8, 4) is 11.5 Å². The summed E-state index contributed by atoms with van der Waals surface area (Å²) in [4.78, 5) is 0. The Hall–Kier alpha value is -2.17. The van der Waals surface area contributed by atoms with E-state index in [1.165, 1.54) is 6.07 Å². The molecule has 2 aromatic rings. The van der Waals surface area contributed by atoms with Gasteiger partial charge in [0.1, 0.15) is 11.5 Å². The van der Waals surface area contributed by atoms with Crippen molar-refractivity contribution in [1.29, 1.82) is 0 Å². The van der Waals surface area contributed by atoms with Gasteiger partial charge in [0.25, 0.3) is 0 Å². The van der Waals surface area contributed by atoms with Crippen LogP contribution in [0.2, 0.25) is 0 Å². The third-order valence-electron chi connectivity index (χ3n) is 2.31. The lowest BCUT2D eigenvalue weighted by Crippen LogP contribution is -2.05. The van der Waals surface area contributed by atoms with Gasteiger partial charge in [-0.25, -0.2) is 0 Å². The average Bonchev–Trinajstić information content (AvgIpc) is 2.32. The largest absolute Gasteiger partial charge is 0.455 e. The number of para-hydroxylation sites is 1. The molecule has 0 amide bonds. The van der Waals surface area contributed by atoms with Crippen molar-refractivity contribution in [1.82, 2.24) is 0 Å². The molecule has 2 nitrogen and oxygen atoms in total. The molecule has 2 rings (SSSR count). The molecule has 0 aliphatic rings. The highest BCUT2D eigenvalue weighted by atomic mass is 19.4. The van der Waals surface area contributed by atoms with Gasteiger partial charge in [-0.1, -0.05) is 18.2 Å². The molecule has 5 heteroatoms. The summed E-state index contributed by atoms with van der Waals surface area (Å²) >= 11 is 0. The van der Waals surface area contributed by atoms with Crippen molar-refractivity contribution in [3.63, 3.8) is 0 Å². The normalized spacial score (nSPS) is 11.3. The fraction of sp³-hybridized carbons (Fsp3) is 0.0769. The molecular weight excluding hydrogens is 243 g/mol. The van der Waals surface area contributed by atoms with Crippen LogP contribution in [-0.2, 0) is 6.18 Å². The minimum absolute atomic E-state index is 0.0475. The fourth-order valence-corrected chi connectivity index (χ4v) is 1.43. The van der Waals surface area contributed by atoms with Crippen LogP contribution in [0.4, 0.5) is 18.9 Å². The number of nitrogen functional groups attached to an aromatic ring is 1. The molecule has 0 aromatic heterocycles. The molecule has 18 heavy (non-hydrogen) atoms. The molecule has 0 spiro atoms. The second-order valence-electron chi connectivity index (χ2n) is 3.67. The Kier molecular flexibility index (Phi) is 3.14. The highest BCUT2D eigenvalue weighted by Crippen LogP contribution is 2.35. The predicted molar refractivity (Wildman–Crippen MR) is 62.4 cm³/mol. The molecule has 0 saturated carbocycles. The van der Waals surface area contributed by atoms with Gasteiger partial charge in [0.05, 0.1) is 11.3 Å². The van der Waals surface area contributed by atoms with Crippen LogP contribution >= 0.6 is 0 Å². The fourth-order valence-electron chi connectivity index (χ4n) is 1.43. The first-order chi connectivity index (χ1) is 8.47. The Bertz CT molecular complexity index is 538. The maximum absolute atomic E-state index is 12.4. The van der Waals surface area contributed by atoms with Gasteiger partial charge < -0.3 is 10.5 Å². The predicted octanol–water partition coefficient (Wildman–Crippen LogP) is 4.08. The molecule has 0 heterocycles. The van der Waals surface area contributed by atoms with Crippen molar-refractivity contribution in [3.05, 3.63) is 54.1 Å². The molecule has 0 fully saturated rings. The van der Waals surface area contributed by atoms with E-state index in [0.717, 1.165) is 12.1 Å². The van der Waals surface area contributed by atoms with Gasteiger partial charge in [-0.15, -0.1) is 0 Å². The number of nitrogens with two attached hydrogens (primary N) is 1. The number of anilines is 1. The van der Waals surface area contributed by atoms with Gasteiger partial charge in [-0.2, -0.15) is 13.2 Å². The van der Waals surface area contributed by atoms with Crippen molar-refractivity contribution >= 4 is 5.69 Å². The minimum atomic E-state index is -4.40. The van der Waals surface area contributed by atoms with Crippen molar-refractivity contribution in [2.75, 3.05) is 5.73 Å². The quantitative estimate of drug-likeness (QED) is 0.818. The van der Waals surface area contributed by atoms with Crippen molar-refractivity contribution in [2.45, 2.75) is 6.18 Å². The molecule has 2 aromatic carbocycles. The van der Waals surface area contributed by atoms with E-state index in [1.54, 1.807) is 24.3 Å². The number of hydrogen-bond acceptors (Lipinski definition) is 2. The minimum Gasteiger partial charge on any atom is -0.455 e. The second-order valence-corrected chi connectivity index (χ2v) is 3.67. The smallest absolute Gasteiger partial charge is 0.416 e. The van der Waals surface area contributed by atoms with Crippen LogP contribution in [0.3, 0.4) is 0 Å². The Labute approximate surface area is 102 Å². The number of ether oxygens (including phenoxy) is 1. The summed E-state index contributed by atoms with van der Waals surface area (Å²) in [7, 11) is 0. The van der Waals surface area contributed by atoms with E-state index in [9.17, 15) is 13.2 Å². The number of halogens is 3. The molecule has 0 bridgehead atoms. The zero-order chi connectivity index (χ0) is 13.2. The lowest BCUT2D eigenvalue weighted by atomic mass is 10.2. The Morgan fingerprint density at radius 3 is 2.17 bits per heavy atom. The van der Waals surface area contributed by atoms with E-state index in [-0.39, 0.29) is 11.4 Å². The maximum atomic E-state index is 12.4. The van der Waals surface area contributed by atoms with Gasteiger partial charge in [-0.05, 0) is 30.3 Å². The van der Waals surface area contributed by atoms with Gasteiger partial charge in [0, 0.05) is 0 Å². The number of hydrogen-bond donors (Lipinski definition) is 1. The standard InChI is InChI=1S/C13H10F3NO/c14-13(15,16)9-6-7-12(11(17)8-9)18-10-4-2-1-3-5-10/h1-8H,17H2. The third-order valence-corrected chi connectivity index (χ3v) is 2.31. The highest BCUT2D eigenvalue weighted by molar-refractivity contribution is 5.56. The average molecular weight is 253 g/mol. The van der Waals surface area contributed by atoms with Crippen LogP contribution in [0.25, 0.3) is 0 Å². The summed E-state index contributed by atoms with van der Waals surface area (Å²) in [5.74, 6) is 0.721. The summed E-state index contributed by atoms with van der Waals surface area (Å²) in [6.45, 7) is 0. The monoisotopic (exact) mass is 253 g/mol. The molecule has 0 aliphatic heterocycles. The molecule has 94 valence electrons. The lowest BCUT2D eigenvalue weighted by molar-refractivity contribution is -0.137. The van der Waals surface area contributed by atoms with E-state index in [0.29, 0.717) is 5.75 Å². The summed E-state index contributed by atoms with van der Waals surface area (Å²) in [6.07, 6.45) is -4.40. The topological polar surface area (TPSA) is 35.2 Å². The number of rotatable bonds is 2. The van der Waals surface area contributed by atoms with Crippen molar-refractivity contribution < 1.29 is 17.9 Å². The van der Waals surface area contributed by atoms with E-state index in [4.69, 9.17) is 10.5 Å². The first kappa shape index (κ1) is 12.3. The maximum Gasteiger partial charge on any atom is 0.416 e. The number of alkyl halides is 3. The molecule has 0 saturated heterocycles. The Morgan fingerprint density at radius 1 is 0.944 bits per heavy atom. The zero-order valence-electron chi connectivity index (χ0n) is 9.24. The van der Waals surface area contributed by atoms with Gasteiger partial charge >= 0.3 is 6.18 Å². The molecular formula is C13H10F3NO. The van der Waals surface area contributed by atoms with Gasteiger partial charge in [0.15, 0.2) is 0 Å². The molecule has 0 unspecified atom stereocenters. The van der Waals surface area contributed by atoms with Crippen LogP contribution < -0.4 is 10.5 Å². The first-order valence-electron chi connectivity index (χ1n) is 5.16. The van der Waals surface area contributed by atoms with Crippen LogP contribution in [0.1, 0.15) is 5.56 Å². The SMILES string of the molecule is Nc1cc(C(F)(F)F)ccc1Oc1ccccc1. The van der Waals surface area contributed by atoms with Gasteiger partial charge in [-0.3, -0.25) is 0 Å². The zero-order valence-corrected chi connectivity index (χ0v) is 9.24. The van der Waals surface area contributed by atoms with Crippen LogP contribution in [0, 0.1) is 0 Å². The summed E-state index contributed by atoms with van der Waals surface area (Å²) in [6, 6.07) is 11.7. The van der Waals surface area contributed by atoms with E-state index >= 15 is 0 Å². The molecule has 0 radical (unpaired) electrons. The van der Waals surface area contributed by atoms with Crippen molar-refractivity contribution in [2.24, 2.45) is 0 Å². The first-order valence-corrected chi connectivity index (χ1v) is 5.16. The molecule has 2 N–H and O–H groups in total. The summed E-state index contributed by atoms with van der Waals surface area (Å²) in [5.41, 5.74) is 4.70. The summed E-state index contributed by atoms with van der Waals surface area (Å²) < 4.78 is 42.7. The Balaban J connectivity index is 2.26. The lowest BCUT2D eigenvalue weighted by Gasteiger charge is -2.11. The van der Waals surface area contributed by atoms with E-state index in [1.807, 2.05) is 6.07 Å². The van der Waals surface area contributed by atoms with E-state index < -0.39 is 11.7 Å². The third kappa shape index (κ3) is 2.74. The molecule has 0 aliphatic carbocycles. The Morgan fingerprint density at radius 2 is 1.61 bits per heavy atom. The van der Waals surface area contributed by atoms with E-state index in [2.05, 4.69) is 0 Å². The van der Waals surface area contributed by atoms with Gasteiger partial charge in [0.2, 0.25) is 0 Å². The van der Waals surface area contributed by atoms with Crippen LogP contribution in [0.5, 0.6) is 11.5 Å². The van der Waals surface area contributed by atoms with Crippen LogP contribution in [0.15, 0.2) is 48.5 Å². The summed E-state index contributed by atoms with van der Waals surface area (Å²) in [5, 5.41) is 0. The number of benzene rings is 2. The van der Waals surface area contributed by atoms with Crippen LogP contribution in [-0.4, -0.2) is 0 Å².